The molecule has 0 radical (unpaired) electrons. The van der Waals surface area contributed by atoms with E-state index in [2.05, 4.69) is 0 Å². The fourth-order valence-corrected chi connectivity index (χ4v) is 1.08. The number of hydrogen-bond acceptors (Lipinski definition) is 3. The molecular formula is C7H12N2O3. The van der Waals surface area contributed by atoms with Crippen molar-refractivity contribution in [1.82, 2.24) is 9.80 Å². The van der Waals surface area contributed by atoms with E-state index in [0.717, 1.165) is 0 Å². The Labute approximate surface area is 70.6 Å². The van der Waals surface area contributed by atoms with E-state index in [-0.39, 0.29) is 19.1 Å². The maximum atomic E-state index is 11.1. The number of likely N-dealkylation sites (N-methyl/N-ethyl adjacent to an activating group) is 1. The van der Waals surface area contributed by atoms with Gasteiger partial charge in [0.2, 0.25) is 5.91 Å². The summed E-state index contributed by atoms with van der Waals surface area (Å²) in [5.74, 6) is -0.489. The molecule has 0 spiro atoms. The molecule has 0 aromatic rings. The third-order valence-electron chi connectivity index (χ3n) is 1.80. The van der Waals surface area contributed by atoms with Gasteiger partial charge in [-0.3, -0.25) is 9.59 Å². The quantitative estimate of drug-likeness (QED) is 0.530. The van der Waals surface area contributed by atoms with Gasteiger partial charge in [0, 0.05) is 7.05 Å². The average molecular weight is 172 g/mol. The summed E-state index contributed by atoms with van der Waals surface area (Å²) in [6.45, 7) is 1.76. The fraction of sp³-hybridized carbons (Fsp3) is 0.714. The summed E-state index contributed by atoms with van der Waals surface area (Å²) in [5.41, 5.74) is 0. The maximum Gasteiger partial charge on any atom is 0.253 e. The van der Waals surface area contributed by atoms with Gasteiger partial charge in [-0.15, -0.1) is 0 Å². The minimum atomic E-state index is -1.02. The Morgan fingerprint density at radius 1 is 1.67 bits per heavy atom. The van der Waals surface area contributed by atoms with E-state index >= 15 is 0 Å². The Kier molecular flexibility index (Phi) is 2.32. The first kappa shape index (κ1) is 8.99. The van der Waals surface area contributed by atoms with Gasteiger partial charge in [0.05, 0.1) is 6.67 Å². The lowest BCUT2D eigenvalue weighted by Crippen LogP contribution is -2.36. The van der Waals surface area contributed by atoms with Crippen molar-refractivity contribution in [2.24, 2.45) is 0 Å². The number of carbonyl (C=O) groups excluding carboxylic acids is 2. The van der Waals surface area contributed by atoms with E-state index in [1.807, 2.05) is 0 Å². The van der Waals surface area contributed by atoms with Crippen molar-refractivity contribution < 1.29 is 14.7 Å². The molecule has 1 N–H and O–H groups in total. The van der Waals surface area contributed by atoms with Crippen molar-refractivity contribution in [2.75, 3.05) is 20.3 Å². The molecule has 1 heterocycles. The van der Waals surface area contributed by atoms with Gasteiger partial charge in [0.1, 0.15) is 12.6 Å². The Morgan fingerprint density at radius 2 is 2.25 bits per heavy atom. The minimum absolute atomic E-state index is 0.0836. The number of rotatable bonds is 1. The lowest BCUT2D eigenvalue weighted by atomic mass is 10.3. The van der Waals surface area contributed by atoms with Crippen molar-refractivity contribution in [3.63, 3.8) is 0 Å². The van der Waals surface area contributed by atoms with E-state index in [0.29, 0.717) is 0 Å². The highest BCUT2D eigenvalue weighted by molar-refractivity contribution is 5.89. The Balaban J connectivity index is 2.57. The number of aliphatic hydroxyl groups excluding tert-OH is 1. The highest BCUT2D eigenvalue weighted by Gasteiger charge is 2.29. The molecule has 5 heteroatoms. The predicted octanol–water partition coefficient (Wildman–Crippen LogP) is -1.37. The molecule has 0 aromatic heterocycles. The minimum Gasteiger partial charge on any atom is -0.384 e. The lowest BCUT2D eigenvalue weighted by molar-refractivity contribution is -0.139. The fourth-order valence-electron chi connectivity index (χ4n) is 1.08. The number of amides is 2. The first-order valence-electron chi connectivity index (χ1n) is 3.73. The summed E-state index contributed by atoms with van der Waals surface area (Å²) in [5, 5.41) is 8.93. The molecule has 0 aromatic carbocycles. The molecule has 1 aliphatic heterocycles. The molecular weight excluding hydrogens is 160 g/mol. The first-order valence-corrected chi connectivity index (χ1v) is 3.73. The summed E-state index contributed by atoms with van der Waals surface area (Å²) in [6.07, 6.45) is -1.02. The predicted molar refractivity (Wildman–Crippen MR) is 41.0 cm³/mol. The van der Waals surface area contributed by atoms with Crippen molar-refractivity contribution in [2.45, 2.75) is 13.0 Å². The summed E-state index contributed by atoms with van der Waals surface area (Å²) >= 11 is 0. The van der Waals surface area contributed by atoms with E-state index in [1.165, 1.54) is 16.7 Å². The van der Waals surface area contributed by atoms with Crippen molar-refractivity contribution >= 4 is 11.8 Å². The molecule has 1 atom stereocenters. The third-order valence-corrected chi connectivity index (χ3v) is 1.80. The van der Waals surface area contributed by atoms with Crippen LogP contribution in [0, 0.1) is 0 Å². The van der Waals surface area contributed by atoms with E-state index in [1.54, 1.807) is 7.05 Å². The van der Waals surface area contributed by atoms with Crippen LogP contribution in [0.4, 0.5) is 0 Å². The van der Waals surface area contributed by atoms with Gasteiger partial charge < -0.3 is 14.9 Å². The summed E-state index contributed by atoms with van der Waals surface area (Å²) in [6, 6.07) is 0. The normalized spacial score (nSPS) is 20.1. The second kappa shape index (κ2) is 3.10. The molecule has 0 unspecified atom stereocenters. The SMILES string of the molecule is C[C@H](O)C(=O)N1CC(=O)N(C)C1. The molecule has 0 saturated carbocycles. The largest absolute Gasteiger partial charge is 0.384 e. The Morgan fingerprint density at radius 3 is 2.58 bits per heavy atom. The van der Waals surface area contributed by atoms with E-state index in [4.69, 9.17) is 5.11 Å². The summed E-state index contributed by atoms with van der Waals surface area (Å²) < 4.78 is 0. The molecule has 1 aliphatic rings. The number of hydrogen-bond donors (Lipinski definition) is 1. The third kappa shape index (κ3) is 1.55. The second-order valence-corrected chi connectivity index (χ2v) is 2.95. The van der Waals surface area contributed by atoms with Crippen molar-refractivity contribution in [1.29, 1.82) is 0 Å². The molecule has 0 bridgehead atoms. The second-order valence-electron chi connectivity index (χ2n) is 2.95. The zero-order valence-electron chi connectivity index (χ0n) is 7.15. The molecule has 1 fully saturated rings. The van der Waals surface area contributed by atoms with Crippen LogP contribution in [0.2, 0.25) is 0 Å². The smallest absolute Gasteiger partial charge is 0.253 e. The van der Waals surface area contributed by atoms with Gasteiger partial charge >= 0.3 is 0 Å². The molecule has 12 heavy (non-hydrogen) atoms. The number of aliphatic hydroxyl groups is 1. The van der Waals surface area contributed by atoms with E-state index in [9.17, 15) is 9.59 Å². The highest BCUT2D eigenvalue weighted by Crippen LogP contribution is 2.05. The molecule has 5 nitrogen and oxygen atoms in total. The van der Waals surface area contributed by atoms with Crippen LogP contribution in [0.1, 0.15) is 6.92 Å². The van der Waals surface area contributed by atoms with Crippen LogP contribution < -0.4 is 0 Å². The molecule has 0 aliphatic carbocycles. The van der Waals surface area contributed by atoms with Crippen LogP contribution in [0.15, 0.2) is 0 Å². The van der Waals surface area contributed by atoms with Gasteiger partial charge in [-0.05, 0) is 6.92 Å². The van der Waals surface area contributed by atoms with Crippen LogP contribution in [-0.2, 0) is 9.59 Å². The van der Waals surface area contributed by atoms with Gasteiger partial charge in [-0.25, -0.2) is 0 Å². The topological polar surface area (TPSA) is 60.9 Å². The van der Waals surface area contributed by atoms with Crippen LogP contribution in [0.3, 0.4) is 0 Å². The monoisotopic (exact) mass is 172 g/mol. The van der Waals surface area contributed by atoms with Gasteiger partial charge in [0.15, 0.2) is 0 Å². The maximum absolute atomic E-state index is 11.1. The summed E-state index contributed by atoms with van der Waals surface area (Å²) in [7, 11) is 1.62. The standard InChI is InChI=1S/C7H12N2O3/c1-5(10)7(12)9-3-6(11)8(2)4-9/h5,10H,3-4H2,1-2H3/t5-/m0/s1. The number of nitrogens with zero attached hydrogens (tertiary/aromatic N) is 2. The van der Waals surface area contributed by atoms with Crippen molar-refractivity contribution in [3.05, 3.63) is 0 Å². The van der Waals surface area contributed by atoms with Crippen LogP contribution >= 0.6 is 0 Å². The summed E-state index contributed by atoms with van der Waals surface area (Å²) in [4.78, 5) is 24.9. The average Bonchev–Trinajstić information content (AvgIpc) is 2.30. The Hall–Kier alpha value is -1.10. The molecule has 68 valence electrons. The van der Waals surface area contributed by atoms with Crippen LogP contribution in [0.5, 0.6) is 0 Å². The Bertz CT molecular complexity index is 215. The zero-order chi connectivity index (χ0) is 9.30. The van der Waals surface area contributed by atoms with E-state index < -0.39 is 12.0 Å². The van der Waals surface area contributed by atoms with Gasteiger partial charge in [-0.2, -0.15) is 0 Å². The number of carbonyl (C=O) groups is 2. The van der Waals surface area contributed by atoms with Crippen molar-refractivity contribution in [3.8, 4) is 0 Å². The molecule has 1 saturated heterocycles. The molecule has 1 rings (SSSR count). The zero-order valence-corrected chi connectivity index (χ0v) is 7.15. The van der Waals surface area contributed by atoms with Crippen LogP contribution in [-0.4, -0.2) is 53.1 Å². The lowest BCUT2D eigenvalue weighted by Gasteiger charge is -2.16. The molecule has 2 amide bonds. The first-order chi connectivity index (χ1) is 5.52. The highest BCUT2D eigenvalue weighted by atomic mass is 16.3. The van der Waals surface area contributed by atoms with Crippen LogP contribution in [0.25, 0.3) is 0 Å². The van der Waals surface area contributed by atoms with Gasteiger partial charge in [0.25, 0.3) is 5.91 Å². The van der Waals surface area contributed by atoms with Gasteiger partial charge in [-0.1, -0.05) is 0 Å².